The number of allylic oxidation sites excluding steroid dienone is 1. The second-order valence-electron chi connectivity index (χ2n) is 10.1. The summed E-state index contributed by atoms with van der Waals surface area (Å²) in [6.07, 6.45) is 1.20. The first-order valence-electron chi connectivity index (χ1n) is 11.6. The molecular weight excluding hydrogens is 442 g/mol. The van der Waals surface area contributed by atoms with E-state index in [1.165, 1.54) is 0 Å². The molecule has 34 heavy (non-hydrogen) atoms. The maximum absolute atomic E-state index is 14.0. The number of anilines is 3. The van der Waals surface area contributed by atoms with Gasteiger partial charge in [0.05, 0.1) is 11.4 Å². The molecule has 2 N–H and O–H groups in total. The Morgan fingerprint density at radius 3 is 2.50 bits per heavy atom. The number of hydrogen-bond acceptors (Lipinski definition) is 4. The van der Waals surface area contributed by atoms with Gasteiger partial charge in [0.15, 0.2) is 5.78 Å². The molecule has 174 valence electrons. The second-order valence-corrected chi connectivity index (χ2v) is 11.0. The zero-order chi connectivity index (χ0) is 24.0. The summed E-state index contributed by atoms with van der Waals surface area (Å²) in [5.41, 5.74) is 5.94. The van der Waals surface area contributed by atoms with Gasteiger partial charge in [-0.05, 0) is 72.5 Å². The van der Waals surface area contributed by atoms with Crippen LogP contribution in [0.15, 0.2) is 71.2 Å². The first kappa shape index (κ1) is 22.4. The molecule has 2 amide bonds. The number of Topliss-reactive ketones (excluding diaryl/α,β-unsaturated/α-hetero) is 1. The number of nitrogens with one attached hydrogen (secondary N) is 2. The lowest BCUT2D eigenvalue weighted by Crippen LogP contribution is -2.41. The molecule has 0 spiro atoms. The van der Waals surface area contributed by atoms with Crippen LogP contribution in [0.5, 0.6) is 0 Å². The van der Waals surface area contributed by atoms with Gasteiger partial charge in [-0.1, -0.05) is 38.1 Å². The van der Waals surface area contributed by atoms with E-state index in [1.807, 2.05) is 67.8 Å². The molecule has 0 unspecified atom stereocenters. The SMILES string of the molecule is Cc1cc(C)cc(NC(=O)N2c3ccccc3NC3=C(C(=O)CC(C)(C)C3)[C@@H]2c2cccs2)c1. The Balaban J connectivity index is 1.68. The van der Waals surface area contributed by atoms with Crippen LogP contribution in [0.3, 0.4) is 0 Å². The predicted molar refractivity (Wildman–Crippen MR) is 140 cm³/mol. The number of fused-ring (bicyclic) bond motifs is 1. The van der Waals surface area contributed by atoms with E-state index in [0.717, 1.165) is 45.2 Å². The normalized spacial score (nSPS) is 19.1. The molecule has 1 atom stereocenters. The van der Waals surface area contributed by atoms with E-state index in [4.69, 9.17) is 0 Å². The molecule has 1 aromatic heterocycles. The average Bonchev–Trinajstić information content (AvgIpc) is 3.21. The molecule has 2 aliphatic rings. The number of aryl methyl sites for hydroxylation is 2. The fourth-order valence-corrected chi connectivity index (χ4v) is 5.98. The van der Waals surface area contributed by atoms with E-state index in [9.17, 15) is 9.59 Å². The number of urea groups is 1. The van der Waals surface area contributed by atoms with Gasteiger partial charge in [-0.15, -0.1) is 11.3 Å². The molecule has 2 heterocycles. The molecule has 3 aromatic rings. The summed E-state index contributed by atoms with van der Waals surface area (Å²) < 4.78 is 0. The zero-order valence-corrected chi connectivity index (χ0v) is 20.8. The minimum absolute atomic E-state index is 0.0918. The van der Waals surface area contributed by atoms with Crippen molar-refractivity contribution >= 4 is 40.2 Å². The highest BCUT2D eigenvalue weighted by molar-refractivity contribution is 7.10. The lowest BCUT2D eigenvalue weighted by molar-refractivity contribution is -0.118. The van der Waals surface area contributed by atoms with Crippen molar-refractivity contribution in [1.82, 2.24) is 0 Å². The Kier molecular flexibility index (Phi) is 5.56. The number of benzene rings is 2. The van der Waals surface area contributed by atoms with Crippen LogP contribution in [0.1, 0.15) is 48.7 Å². The van der Waals surface area contributed by atoms with Crippen molar-refractivity contribution in [2.45, 2.75) is 46.6 Å². The average molecular weight is 472 g/mol. The van der Waals surface area contributed by atoms with Crippen molar-refractivity contribution in [2.24, 2.45) is 5.41 Å². The van der Waals surface area contributed by atoms with Gasteiger partial charge in [0, 0.05) is 28.3 Å². The molecule has 6 heteroatoms. The number of nitrogens with zero attached hydrogens (tertiary/aromatic N) is 1. The van der Waals surface area contributed by atoms with E-state index in [1.54, 1.807) is 16.2 Å². The fraction of sp³-hybridized carbons (Fsp3) is 0.286. The number of rotatable bonds is 2. The Labute approximate surface area is 204 Å². The number of amides is 2. The van der Waals surface area contributed by atoms with E-state index >= 15 is 0 Å². The Bertz CT molecular complexity index is 1290. The number of hydrogen-bond donors (Lipinski definition) is 2. The summed E-state index contributed by atoms with van der Waals surface area (Å²) in [6.45, 7) is 8.28. The maximum atomic E-state index is 14.0. The summed E-state index contributed by atoms with van der Waals surface area (Å²) in [6, 6.07) is 17.0. The van der Waals surface area contributed by atoms with Crippen LogP contribution in [0.2, 0.25) is 0 Å². The van der Waals surface area contributed by atoms with Crippen molar-refractivity contribution in [3.8, 4) is 0 Å². The van der Waals surface area contributed by atoms with Crippen molar-refractivity contribution in [3.05, 3.63) is 87.3 Å². The van der Waals surface area contributed by atoms with Gasteiger partial charge in [0.2, 0.25) is 0 Å². The fourth-order valence-electron chi connectivity index (χ4n) is 5.16. The van der Waals surface area contributed by atoms with E-state index in [-0.39, 0.29) is 17.2 Å². The van der Waals surface area contributed by atoms with Crippen LogP contribution >= 0.6 is 11.3 Å². The monoisotopic (exact) mass is 471 g/mol. The molecule has 0 radical (unpaired) electrons. The number of carbonyl (C=O) groups is 2. The highest BCUT2D eigenvalue weighted by atomic mass is 32.1. The highest BCUT2D eigenvalue weighted by Gasteiger charge is 2.43. The summed E-state index contributed by atoms with van der Waals surface area (Å²) in [4.78, 5) is 30.3. The second kappa shape index (κ2) is 8.44. The standard InChI is InChI=1S/C28H29N3O2S/c1-17-12-18(2)14-19(13-17)29-27(33)31-22-9-6-5-8-20(22)30-21-15-28(3,4)16-23(32)25(21)26(31)24-10-7-11-34-24/h5-14,26,30H,15-16H2,1-4H3,(H,29,33)/t26-/m0/s1. The Morgan fingerprint density at radius 1 is 1.06 bits per heavy atom. The minimum Gasteiger partial charge on any atom is -0.357 e. The highest BCUT2D eigenvalue weighted by Crippen LogP contribution is 2.49. The molecule has 0 fully saturated rings. The molecule has 1 aliphatic heterocycles. The number of thiophene rings is 1. The molecule has 0 saturated heterocycles. The number of carbonyl (C=O) groups excluding carboxylic acids is 2. The first-order chi connectivity index (χ1) is 16.2. The summed E-state index contributed by atoms with van der Waals surface area (Å²) >= 11 is 1.57. The van der Waals surface area contributed by atoms with Crippen molar-refractivity contribution in [1.29, 1.82) is 0 Å². The molecular formula is C28H29N3O2S. The van der Waals surface area contributed by atoms with Gasteiger partial charge >= 0.3 is 6.03 Å². The van der Waals surface area contributed by atoms with Gasteiger partial charge in [-0.25, -0.2) is 4.79 Å². The lowest BCUT2D eigenvalue weighted by atomic mass is 9.74. The third-order valence-electron chi connectivity index (χ3n) is 6.41. The molecule has 1 aliphatic carbocycles. The van der Waals surface area contributed by atoms with Crippen LogP contribution in [-0.4, -0.2) is 11.8 Å². The summed E-state index contributed by atoms with van der Waals surface area (Å²) in [7, 11) is 0. The van der Waals surface area contributed by atoms with E-state index < -0.39 is 6.04 Å². The molecule has 0 saturated carbocycles. The van der Waals surface area contributed by atoms with E-state index in [0.29, 0.717) is 12.0 Å². The molecule has 5 rings (SSSR count). The van der Waals surface area contributed by atoms with Crippen LogP contribution in [0, 0.1) is 19.3 Å². The third-order valence-corrected chi connectivity index (χ3v) is 7.33. The molecule has 2 aromatic carbocycles. The molecule has 0 bridgehead atoms. The Hall–Kier alpha value is -3.38. The van der Waals surface area contributed by atoms with Gasteiger partial charge in [0.25, 0.3) is 0 Å². The van der Waals surface area contributed by atoms with Gasteiger partial charge in [0.1, 0.15) is 6.04 Å². The summed E-state index contributed by atoms with van der Waals surface area (Å²) in [5.74, 6) is 0.0918. The Morgan fingerprint density at radius 2 is 1.79 bits per heavy atom. The summed E-state index contributed by atoms with van der Waals surface area (Å²) in [5, 5.41) is 8.66. The number of ketones is 1. The first-order valence-corrected chi connectivity index (χ1v) is 12.4. The van der Waals surface area contributed by atoms with Crippen LogP contribution in [-0.2, 0) is 4.79 Å². The van der Waals surface area contributed by atoms with Crippen molar-refractivity contribution in [3.63, 3.8) is 0 Å². The lowest BCUT2D eigenvalue weighted by Gasteiger charge is -2.36. The van der Waals surface area contributed by atoms with Gasteiger partial charge < -0.3 is 10.6 Å². The van der Waals surface area contributed by atoms with Crippen LogP contribution < -0.4 is 15.5 Å². The zero-order valence-electron chi connectivity index (χ0n) is 19.9. The van der Waals surface area contributed by atoms with Gasteiger partial charge in [-0.3, -0.25) is 9.69 Å². The van der Waals surface area contributed by atoms with Crippen molar-refractivity contribution < 1.29 is 9.59 Å². The molecule has 5 nitrogen and oxygen atoms in total. The number of para-hydroxylation sites is 2. The smallest absolute Gasteiger partial charge is 0.327 e. The third kappa shape index (κ3) is 4.14. The van der Waals surface area contributed by atoms with E-state index in [2.05, 4.69) is 30.5 Å². The predicted octanol–water partition coefficient (Wildman–Crippen LogP) is 7.21. The topological polar surface area (TPSA) is 61.4 Å². The van der Waals surface area contributed by atoms with Crippen molar-refractivity contribution in [2.75, 3.05) is 15.5 Å². The maximum Gasteiger partial charge on any atom is 0.327 e. The van der Waals surface area contributed by atoms with Crippen LogP contribution in [0.4, 0.5) is 21.9 Å². The minimum atomic E-state index is -0.499. The van der Waals surface area contributed by atoms with Gasteiger partial charge in [-0.2, -0.15) is 0 Å². The largest absolute Gasteiger partial charge is 0.357 e. The quantitative estimate of drug-likeness (QED) is 0.415. The van der Waals surface area contributed by atoms with Crippen LogP contribution in [0.25, 0.3) is 0 Å².